The molecule has 3 aromatic rings. The normalized spacial score (nSPS) is 16.8. The average molecular weight is 365 g/mol. The lowest BCUT2D eigenvalue weighted by Gasteiger charge is -2.32. The maximum atomic E-state index is 12.9. The van der Waals surface area contributed by atoms with Crippen LogP contribution in [0.15, 0.2) is 40.9 Å². The molecule has 1 atom stereocenters. The lowest BCUT2D eigenvalue weighted by atomic mass is 10.1. The Hall–Kier alpha value is -2.96. The second kappa shape index (κ2) is 6.98. The second-order valence-electron chi connectivity index (χ2n) is 7.44. The standard InChI is InChI=1S/C20H23N5O2/c1-13(2)9-16-10-17(23-27-16)19-22-21-18-12-24(20(26)14(3)25(18)19)11-15-7-5-4-6-8-15/h4-8,10,13-14H,9,11-12H2,1-3H3/t14-/m0/s1. The summed E-state index contributed by atoms with van der Waals surface area (Å²) in [5.41, 5.74) is 1.72. The highest BCUT2D eigenvalue weighted by Gasteiger charge is 2.34. The number of fused-ring (bicyclic) bond motifs is 1. The molecule has 0 radical (unpaired) electrons. The highest BCUT2D eigenvalue weighted by molar-refractivity contribution is 5.81. The molecule has 27 heavy (non-hydrogen) atoms. The zero-order valence-electron chi connectivity index (χ0n) is 15.8. The largest absolute Gasteiger partial charge is 0.361 e. The number of carbonyl (C=O) groups is 1. The predicted octanol–water partition coefficient (Wildman–Crippen LogP) is 3.24. The molecule has 4 rings (SSSR count). The summed E-state index contributed by atoms with van der Waals surface area (Å²) >= 11 is 0. The van der Waals surface area contributed by atoms with E-state index in [1.54, 1.807) is 0 Å². The van der Waals surface area contributed by atoms with Crippen molar-refractivity contribution in [3.8, 4) is 11.5 Å². The van der Waals surface area contributed by atoms with E-state index in [1.165, 1.54) is 0 Å². The summed E-state index contributed by atoms with van der Waals surface area (Å²) in [5, 5.41) is 12.8. The first-order chi connectivity index (χ1) is 13.0. The van der Waals surface area contributed by atoms with Gasteiger partial charge in [0.1, 0.15) is 11.8 Å². The van der Waals surface area contributed by atoms with Gasteiger partial charge in [0.2, 0.25) is 5.91 Å². The summed E-state index contributed by atoms with van der Waals surface area (Å²) in [5.74, 6) is 2.70. The van der Waals surface area contributed by atoms with Crippen molar-refractivity contribution >= 4 is 5.91 Å². The van der Waals surface area contributed by atoms with Crippen molar-refractivity contribution in [1.82, 2.24) is 24.8 Å². The topological polar surface area (TPSA) is 77.1 Å². The van der Waals surface area contributed by atoms with Gasteiger partial charge < -0.3 is 9.42 Å². The molecule has 1 aromatic carbocycles. The fraction of sp³-hybridized carbons (Fsp3) is 0.400. The molecule has 0 saturated carbocycles. The molecular formula is C20H23N5O2. The van der Waals surface area contributed by atoms with Crippen molar-refractivity contribution in [2.24, 2.45) is 5.92 Å². The monoisotopic (exact) mass is 365 g/mol. The first-order valence-electron chi connectivity index (χ1n) is 9.25. The Bertz CT molecular complexity index is 944. The SMILES string of the molecule is CC(C)Cc1cc(-c2nnc3n2[C@@H](C)C(=O)N(Cc2ccccc2)C3)no1. The summed E-state index contributed by atoms with van der Waals surface area (Å²) < 4.78 is 7.30. The van der Waals surface area contributed by atoms with Crippen LogP contribution in [0.4, 0.5) is 0 Å². The Kier molecular flexibility index (Phi) is 4.51. The van der Waals surface area contributed by atoms with E-state index in [1.807, 2.05) is 52.8 Å². The van der Waals surface area contributed by atoms with Gasteiger partial charge in [-0.05, 0) is 18.4 Å². The minimum atomic E-state index is -0.382. The Morgan fingerprint density at radius 3 is 2.74 bits per heavy atom. The van der Waals surface area contributed by atoms with E-state index >= 15 is 0 Å². The smallest absolute Gasteiger partial charge is 0.246 e. The molecule has 1 aliphatic rings. The van der Waals surface area contributed by atoms with Gasteiger partial charge in [-0.25, -0.2) is 0 Å². The van der Waals surface area contributed by atoms with Gasteiger partial charge in [-0.2, -0.15) is 0 Å². The van der Waals surface area contributed by atoms with Gasteiger partial charge in [0.05, 0.1) is 6.54 Å². The van der Waals surface area contributed by atoms with Crippen LogP contribution in [0.5, 0.6) is 0 Å². The first kappa shape index (κ1) is 17.5. The molecule has 0 aliphatic carbocycles. The maximum Gasteiger partial charge on any atom is 0.246 e. The van der Waals surface area contributed by atoms with E-state index in [4.69, 9.17) is 4.52 Å². The number of carbonyl (C=O) groups excluding carboxylic acids is 1. The molecule has 0 unspecified atom stereocenters. The van der Waals surface area contributed by atoms with Crippen LogP contribution in [0.1, 0.15) is 44.0 Å². The van der Waals surface area contributed by atoms with E-state index < -0.39 is 0 Å². The first-order valence-corrected chi connectivity index (χ1v) is 9.25. The predicted molar refractivity (Wildman–Crippen MR) is 99.5 cm³/mol. The summed E-state index contributed by atoms with van der Waals surface area (Å²) in [4.78, 5) is 14.8. The molecule has 0 spiro atoms. The number of benzene rings is 1. The van der Waals surface area contributed by atoms with E-state index in [-0.39, 0.29) is 11.9 Å². The van der Waals surface area contributed by atoms with Gasteiger partial charge in [0.25, 0.3) is 0 Å². The summed E-state index contributed by atoms with van der Waals surface area (Å²) in [7, 11) is 0. The van der Waals surface area contributed by atoms with Crippen LogP contribution in [0.25, 0.3) is 11.5 Å². The third kappa shape index (κ3) is 3.37. The highest BCUT2D eigenvalue weighted by Crippen LogP contribution is 2.29. The van der Waals surface area contributed by atoms with Crippen LogP contribution in [-0.4, -0.2) is 30.7 Å². The number of hydrogen-bond donors (Lipinski definition) is 0. The Morgan fingerprint density at radius 2 is 2.00 bits per heavy atom. The molecule has 0 fully saturated rings. The minimum absolute atomic E-state index is 0.0540. The third-order valence-corrected chi connectivity index (χ3v) is 4.77. The molecule has 0 N–H and O–H groups in total. The van der Waals surface area contributed by atoms with E-state index in [9.17, 15) is 4.79 Å². The number of hydrogen-bond acceptors (Lipinski definition) is 5. The molecule has 7 nitrogen and oxygen atoms in total. The van der Waals surface area contributed by atoms with Crippen LogP contribution < -0.4 is 0 Å². The zero-order chi connectivity index (χ0) is 19.0. The van der Waals surface area contributed by atoms with Crippen molar-refractivity contribution in [2.75, 3.05) is 0 Å². The summed E-state index contributed by atoms with van der Waals surface area (Å²) in [6, 6.07) is 11.5. The van der Waals surface area contributed by atoms with Gasteiger partial charge in [-0.1, -0.05) is 49.3 Å². The fourth-order valence-electron chi connectivity index (χ4n) is 3.49. The summed E-state index contributed by atoms with van der Waals surface area (Å²) in [6.45, 7) is 7.13. The van der Waals surface area contributed by atoms with E-state index in [0.717, 1.165) is 23.6 Å². The Balaban J connectivity index is 1.61. The quantitative estimate of drug-likeness (QED) is 0.694. The molecule has 2 aromatic heterocycles. The van der Waals surface area contributed by atoms with Gasteiger partial charge in [-0.3, -0.25) is 9.36 Å². The van der Waals surface area contributed by atoms with Gasteiger partial charge in [0, 0.05) is 19.0 Å². The minimum Gasteiger partial charge on any atom is -0.361 e. The van der Waals surface area contributed by atoms with E-state index in [2.05, 4.69) is 29.2 Å². The lowest BCUT2D eigenvalue weighted by Crippen LogP contribution is -2.41. The van der Waals surface area contributed by atoms with Crippen molar-refractivity contribution < 1.29 is 9.32 Å². The number of nitrogens with zero attached hydrogens (tertiary/aromatic N) is 5. The Labute approximate surface area is 158 Å². The molecule has 3 heterocycles. The number of aromatic nitrogens is 4. The van der Waals surface area contributed by atoms with Crippen LogP contribution in [0.2, 0.25) is 0 Å². The average Bonchev–Trinajstić information content (AvgIpc) is 3.26. The van der Waals surface area contributed by atoms with Crippen molar-refractivity contribution in [3.05, 3.63) is 53.5 Å². The number of rotatable bonds is 5. The molecule has 0 saturated heterocycles. The second-order valence-corrected chi connectivity index (χ2v) is 7.44. The van der Waals surface area contributed by atoms with Crippen LogP contribution in [0.3, 0.4) is 0 Å². The molecule has 1 amide bonds. The molecule has 0 bridgehead atoms. The molecule has 7 heteroatoms. The Morgan fingerprint density at radius 1 is 1.22 bits per heavy atom. The van der Waals surface area contributed by atoms with Crippen LogP contribution in [-0.2, 0) is 24.3 Å². The number of amides is 1. The van der Waals surface area contributed by atoms with Crippen molar-refractivity contribution in [3.63, 3.8) is 0 Å². The molecular weight excluding hydrogens is 342 g/mol. The third-order valence-electron chi connectivity index (χ3n) is 4.77. The molecule has 140 valence electrons. The van der Waals surface area contributed by atoms with Crippen LogP contribution in [0, 0.1) is 5.92 Å². The fourth-order valence-corrected chi connectivity index (χ4v) is 3.49. The lowest BCUT2D eigenvalue weighted by molar-refractivity contribution is -0.137. The van der Waals surface area contributed by atoms with Crippen molar-refractivity contribution in [2.45, 2.75) is 46.3 Å². The van der Waals surface area contributed by atoms with E-state index in [0.29, 0.717) is 30.5 Å². The van der Waals surface area contributed by atoms with Gasteiger partial charge >= 0.3 is 0 Å². The summed E-state index contributed by atoms with van der Waals surface area (Å²) in [6.07, 6.45) is 0.813. The maximum absolute atomic E-state index is 12.9. The van der Waals surface area contributed by atoms with Gasteiger partial charge in [0.15, 0.2) is 17.3 Å². The van der Waals surface area contributed by atoms with Gasteiger partial charge in [-0.15, -0.1) is 10.2 Å². The van der Waals surface area contributed by atoms with Crippen molar-refractivity contribution in [1.29, 1.82) is 0 Å². The highest BCUT2D eigenvalue weighted by atomic mass is 16.5. The zero-order valence-corrected chi connectivity index (χ0v) is 15.8. The molecule has 1 aliphatic heterocycles. The van der Waals surface area contributed by atoms with Crippen LogP contribution >= 0.6 is 0 Å².